The van der Waals surface area contributed by atoms with Gasteiger partial charge in [-0.15, -0.1) is 0 Å². The van der Waals surface area contributed by atoms with E-state index in [1.165, 1.54) is 0 Å². The number of rotatable bonds is 2. The van der Waals surface area contributed by atoms with Gasteiger partial charge in [0.2, 0.25) is 0 Å². The largest absolute Gasteiger partial charge is 0.295 e. The van der Waals surface area contributed by atoms with Crippen LogP contribution in [0, 0.1) is 5.92 Å². The summed E-state index contributed by atoms with van der Waals surface area (Å²) in [6.07, 6.45) is 1.88. The molecule has 0 unspecified atom stereocenters. The Morgan fingerprint density at radius 1 is 1.44 bits per heavy atom. The second-order valence-corrected chi connectivity index (χ2v) is 2.45. The highest BCUT2D eigenvalue weighted by molar-refractivity contribution is 5.93. The summed E-state index contributed by atoms with van der Waals surface area (Å²) in [5.74, 6) is 0.556. The minimum atomic E-state index is 0.188. The molecule has 52 valence electrons. The first kappa shape index (κ1) is 8.41. The molecular formula is C8H14O. The number of hydrogen-bond donors (Lipinski definition) is 0. The lowest BCUT2D eigenvalue weighted by molar-refractivity contribution is -0.114. The Balaban J connectivity index is 4.19. The predicted octanol–water partition coefficient (Wildman–Crippen LogP) is 2.18. The summed E-state index contributed by atoms with van der Waals surface area (Å²) in [5.41, 5.74) is 0.926. The third-order valence-electron chi connectivity index (χ3n) is 1.34. The molecule has 0 radical (unpaired) electrons. The minimum absolute atomic E-state index is 0.188. The lowest BCUT2D eigenvalue weighted by atomic mass is 10.0. The normalized spacial score (nSPS) is 12.3. The van der Waals surface area contributed by atoms with Crippen LogP contribution in [0.25, 0.3) is 0 Å². The first-order chi connectivity index (χ1) is 4.09. The van der Waals surface area contributed by atoms with Gasteiger partial charge < -0.3 is 0 Å². The Morgan fingerprint density at radius 3 is 1.89 bits per heavy atom. The van der Waals surface area contributed by atoms with Gasteiger partial charge >= 0.3 is 0 Å². The minimum Gasteiger partial charge on any atom is -0.295 e. The maximum Gasteiger partial charge on any atom is 0.155 e. The van der Waals surface area contributed by atoms with Crippen molar-refractivity contribution < 1.29 is 4.79 Å². The molecule has 0 bridgehead atoms. The van der Waals surface area contributed by atoms with E-state index in [1.54, 1.807) is 6.92 Å². The molecule has 1 heteroatoms. The Hall–Kier alpha value is -0.590. The smallest absolute Gasteiger partial charge is 0.155 e. The summed E-state index contributed by atoms with van der Waals surface area (Å²) < 4.78 is 0. The van der Waals surface area contributed by atoms with Crippen LogP contribution in [0.3, 0.4) is 0 Å². The lowest BCUT2D eigenvalue weighted by Gasteiger charge is -2.04. The van der Waals surface area contributed by atoms with E-state index in [1.807, 2.05) is 26.8 Å². The van der Waals surface area contributed by atoms with Crippen LogP contribution in [-0.4, -0.2) is 5.78 Å². The molecule has 0 fully saturated rings. The van der Waals surface area contributed by atoms with E-state index in [9.17, 15) is 4.79 Å². The van der Waals surface area contributed by atoms with Crippen molar-refractivity contribution in [3.8, 4) is 0 Å². The highest BCUT2D eigenvalue weighted by Crippen LogP contribution is 2.09. The molecule has 0 aromatic heterocycles. The molecule has 1 nitrogen and oxygen atoms in total. The second kappa shape index (κ2) is 3.44. The van der Waals surface area contributed by atoms with Crippen molar-refractivity contribution in [1.82, 2.24) is 0 Å². The van der Waals surface area contributed by atoms with Gasteiger partial charge in [-0.3, -0.25) is 4.79 Å². The summed E-state index contributed by atoms with van der Waals surface area (Å²) in [5, 5.41) is 0. The Labute approximate surface area is 56.8 Å². The van der Waals surface area contributed by atoms with E-state index >= 15 is 0 Å². The molecule has 0 aromatic rings. The maximum atomic E-state index is 10.7. The van der Waals surface area contributed by atoms with E-state index in [4.69, 9.17) is 0 Å². The molecule has 0 atom stereocenters. The van der Waals surface area contributed by atoms with Crippen LogP contribution in [0.15, 0.2) is 11.6 Å². The Bertz CT molecular complexity index is 132. The van der Waals surface area contributed by atoms with Crippen molar-refractivity contribution in [3.05, 3.63) is 11.6 Å². The molecule has 0 amide bonds. The average molecular weight is 126 g/mol. The first-order valence-corrected chi connectivity index (χ1v) is 3.26. The zero-order chi connectivity index (χ0) is 7.44. The zero-order valence-corrected chi connectivity index (χ0v) is 6.56. The molecule has 0 saturated heterocycles. The summed E-state index contributed by atoms with van der Waals surface area (Å²) in [7, 11) is 0. The van der Waals surface area contributed by atoms with E-state index < -0.39 is 0 Å². The van der Waals surface area contributed by atoms with Gasteiger partial charge in [-0.2, -0.15) is 0 Å². The Kier molecular flexibility index (Phi) is 3.21. The van der Waals surface area contributed by atoms with Crippen molar-refractivity contribution in [3.63, 3.8) is 0 Å². The van der Waals surface area contributed by atoms with Crippen molar-refractivity contribution in [1.29, 1.82) is 0 Å². The highest BCUT2D eigenvalue weighted by Gasteiger charge is 2.05. The van der Waals surface area contributed by atoms with Crippen molar-refractivity contribution in [2.24, 2.45) is 5.92 Å². The zero-order valence-electron chi connectivity index (χ0n) is 6.56. The van der Waals surface area contributed by atoms with Gasteiger partial charge in [0.1, 0.15) is 0 Å². The van der Waals surface area contributed by atoms with Crippen molar-refractivity contribution >= 4 is 5.78 Å². The third kappa shape index (κ3) is 2.45. The van der Waals surface area contributed by atoms with E-state index in [2.05, 4.69) is 0 Å². The molecule has 0 aliphatic heterocycles. The van der Waals surface area contributed by atoms with Gasteiger partial charge in [-0.05, 0) is 25.3 Å². The highest BCUT2D eigenvalue weighted by atomic mass is 16.1. The van der Waals surface area contributed by atoms with Gasteiger partial charge in [0.15, 0.2) is 5.78 Å². The number of carbonyl (C=O) groups is 1. The molecule has 0 saturated carbocycles. The van der Waals surface area contributed by atoms with Gasteiger partial charge in [0.25, 0.3) is 0 Å². The van der Waals surface area contributed by atoms with Crippen LogP contribution in [0.1, 0.15) is 27.7 Å². The monoisotopic (exact) mass is 126 g/mol. The van der Waals surface area contributed by atoms with Gasteiger partial charge in [-0.1, -0.05) is 19.9 Å². The predicted molar refractivity (Wildman–Crippen MR) is 39.3 cm³/mol. The van der Waals surface area contributed by atoms with Crippen LogP contribution >= 0.6 is 0 Å². The molecule has 9 heavy (non-hydrogen) atoms. The van der Waals surface area contributed by atoms with Gasteiger partial charge in [-0.25, -0.2) is 0 Å². The molecule has 0 rings (SSSR count). The van der Waals surface area contributed by atoms with E-state index in [0.29, 0.717) is 5.92 Å². The number of carbonyl (C=O) groups excluding carboxylic acids is 1. The van der Waals surface area contributed by atoms with Crippen LogP contribution in [-0.2, 0) is 4.79 Å². The SMILES string of the molecule is CC=C(C(C)=O)C(C)C. The van der Waals surface area contributed by atoms with Crippen LogP contribution in [0.5, 0.6) is 0 Å². The maximum absolute atomic E-state index is 10.7. The number of ketones is 1. The number of hydrogen-bond acceptors (Lipinski definition) is 1. The Morgan fingerprint density at radius 2 is 1.89 bits per heavy atom. The summed E-state index contributed by atoms with van der Waals surface area (Å²) in [6, 6.07) is 0. The quantitative estimate of drug-likeness (QED) is 0.518. The molecule has 0 aliphatic carbocycles. The standard InChI is InChI=1S/C8H14O/c1-5-8(6(2)3)7(4)9/h5-6H,1-4H3. The summed E-state index contributed by atoms with van der Waals surface area (Å²) in [4.78, 5) is 10.7. The van der Waals surface area contributed by atoms with Gasteiger partial charge in [0, 0.05) is 0 Å². The van der Waals surface area contributed by atoms with E-state index in [0.717, 1.165) is 5.57 Å². The molecule has 0 N–H and O–H groups in total. The average Bonchev–Trinajstić information content (AvgIpc) is 1.64. The van der Waals surface area contributed by atoms with Gasteiger partial charge in [0.05, 0.1) is 0 Å². The second-order valence-electron chi connectivity index (χ2n) is 2.45. The third-order valence-corrected chi connectivity index (χ3v) is 1.34. The molecule has 0 spiro atoms. The van der Waals surface area contributed by atoms with Crippen LogP contribution < -0.4 is 0 Å². The molecule has 0 aromatic carbocycles. The number of Topliss-reactive ketones (excluding diaryl/α,β-unsaturated/α-hetero) is 1. The summed E-state index contributed by atoms with van der Waals surface area (Å²) in [6.45, 7) is 7.56. The number of allylic oxidation sites excluding steroid dienone is 2. The lowest BCUT2D eigenvalue weighted by Crippen LogP contribution is -2.02. The molecular weight excluding hydrogens is 112 g/mol. The summed E-state index contributed by atoms with van der Waals surface area (Å²) >= 11 is 0. The fourth-order valence-corrected chi connectivity index (χ4v) is 0.943. The van der Waals surface area contributed by atoms with Crippen molar-refractivity contribution in [2.75, 3.05) is 0 Å². The van der Waals surface area contributed by atoms with Crippen LogP contribution in [0.4, 0.5) is 0 Å². The van der Waals surface area contributed by atoms with E-state index in [-0.39, 0.29) is 5.78 Å². The molecule has 0 heterocycles. The molecule has 0 aliphatic rings. The topological polar surface area (TPSA) is 17.1 Å². The first-order valence-electron chi connectivity index (χ1n) is 3.26. The fourth-order valence-electron chi connectivity index (χ4n) is 0.943. The van der Waals surface area contributed by atoms with Crippen molar-refractivity contribution in [2.45, 2.75) is 27.7 Å². The van der Waals surface area contributed by atoms with Crippen LogP contribution in [0.2, 0.25) is 0 Å². The fraction of sp³-hybridized carbons (Fsp3) is 0.625.